The van der Waals surface area contributed by atoms with E-state index in [0.717, 1.165) is 3.57 Å². The SMILES string of the molecule is Cn1ncc(I)c1C(=O)Nc1nn(Cc2ccccc2F)cc1Cl. The predicted molar refractivity (Wildman–Crippen MR) is 96.6 cm³/mol. The van der Waals surface area contributed by atoms with Gasteiger partial charge in [0.2, 0.25) is 0 Å². The van der Waals surface area contributed by atoms with Crippen molar-refractivity contribution in [1.82, 2.24) is 19.6 Å². The molecule has 0 fully saturated rings. The van der Waals surface area contributed by atoms with Gasteiger partial charge in [0, 0.05) is 18.8 Å². The lowest BCUT2D eigenvalue weighted by Crippen LogP contribution is -2.18. The number of anilines is 1. The first-order valence-electron chi connectivity index (χ1n) is 6.91. The van der Waals surface area contributed by atoms with Crippen molar-refractivity contribution < 1.29 is 9.18 Å². The van der Waals surface area contributed by atoms with Crippen LogP contribution in [0.4, 0.5) is 10.2 Å². The van der Waals surface area contributed by atoms with Gasteiger partial charge in [-0.25, -0.2) is 4.39 Å². The van der Waals surface area contributed by atoms with Gasteiger partial charge in [-0.1, -0.05) is 29.8 Å². The van der Waals surface area contributed by atoms with Crippen LogP contribution in [0.5, 0.6) is 0 Å². The highest BCUT2D eigenvalue weighted by Gasteiger charge is 2.18. The van der Waals surface area contributed by atoms with Crippen molar-refractivity contribution >= 4 is 45.9 Å². The summed E-state index contributed by atoms with van der Waals surface area (Å²) in [6.07, 6.45) is 3.13. The van der Waals surface area contributed by atoms with Crippen LogP contribution in [0, 0.1) is 9.39 Å². The molecule has 2 heterocycles. The molecule has 3 rings (SSSR count). The zero-order valence-electron chi connectivity index (χ0n) is 12.5. The second-order valence-corrected chi connectivity index (χ2v) is 6.60. The third-order valence-electron chi connectivity index (χ3n) is 3.35. The third kappa shape index (κ3) is 3.44. The van der Waals surface area contributed by atoms with E-state index < -0.39 is 0 Å². The smallest absolute Gasteiger partial charge is 0.276 e. The van der Waals surface area contributed by atoms with Crippen molar-refractivity contribution in [3.8, 4) is 0 Å². The normalized spacial score (nSPS) is 10.8. The molecule has 2 aromatic heterocycles. The number of hydrogen-bond donors (Lipinski definition) is 1. The van der Waals surface area contributed by atoms with Crippen molar-refractivity contribution in [3.63, 3.8) is 0 Å². The summed E-state index contributed by atoms with van der Waals surface area (Å²) in [7, 11) is 1.68. The monoisotopic (exact) mass is 459 g/mol. The highest BCUT2D eigenvalue weighted by atomic mass is 127. The van der Waals surface area contributed by atoms with Crippen LogP contribution in [0.2, 0.25) is 5.02 Å². The number of aryl methyl sites for hydroxylation is 1. The molecule has 0 radical (unpaired) electrons. The second-order valence-electron chi connectivity index (χ2n) is 5.03. The van der Waals surface area contributed by atoms with E-state index in [-0.39, 0.29) is 29.1 Å². The molecule has 24 heavy (non-hydrogen) atoms. The molecule has 0 saturated carbocycles. The molecule has 1 N–H and O–H groups in total. The standard InChI is InChI=1S/C15H12ClFIN5O/c1-22-13(12(18)6-19-22)15(24)20-14-10(16)8-23(21-14)7-9-4-2-3-5-11(9)17/h2-6,8H,7H2,1H3,(H,20,21,24). The molecule has 0 bridgehead atoms. The van der Waals surface area contributed by atoms with Crippen LogP contribution in [-0.4, -0.2) is 25.5 Å². The number of nitrogens with zero attached hydrogens (tertiary/aromatic N) is 4. The topological polar surface area (TPSA) is 64.7 Å². The van der Waals surface area contributed by atoms with E-state index in [1.54, 1.807) is 31.4 Å². The summed E-state index contributed by atoms with van der Waals surface area (Å²) in [4.78, 5) is 12.3. The van der Waals surface area contributed by atoms with Crippen LogP contribution >= 0.6 is 34.2 Å². The molecule has 1 aromatic carbocycles. The fourth-order valence-electron chi connectivity index (χ4n) is 2.20. The summed E-state index contributed by atoms with van der Waals surface area (Å²) in [5.41, 5.74) is 0.894. The summed E-state index contributed by atoms with van der Waals surface area (Å²) >= 11 is 8.15. The Morgan fingerprint density at radius 2 is 2.17 bits per heavy atom. The Morgan fingerprint density at radius 1 is 1.42 bits per heavy atom. The average molecular weight is 460 g/mol. The first-order valence-corrected chi connectivity index (χ1v) is 8.36. The van der Waals surface area contributed by atoms with Gasteiger partial charge in [0.05, 0.1) is 16.3 Å². The fourth-order valence-corrected chi connectivity index (χ4v) is 3.11. The van der Waals surface area contributed by atoms with E-state index in [1.807, 2.05) is 22.6 Å². The summed E-state index contributed by atoms with van der Waals surface area (Å²) in [6, 6.07) is 6.42. The van der Waals surface area contributed by atoms with Gasteiger partial charge in [0.25, 0.3) is 5.91 Å². The number of amides is 1. The van der Waals surface area contributed by atoms with Crippen LogP contribution in [0.15, 0.2) is 36.7 Å². The van der Waals surface area contributed by atoms with E-state index in [4.69, 9.17) is 11.6 Å². The highest BCUT2D eigenvalue weighted by molar-refractivity contribution is 14.1. The molecule has 0 spiro atoms. The van der Waals surface area contributed by atoms with Gasteiger partial charge in [-0.05, 0) is 28.7 Å². The lowest BCUT2D eigenvalue weighted by molar-refractivity contribution is 0.101. The molecule has 3 aromatic rings. The fraction of sp³-hybridized carbons (Fsp3) is 0.133. The van der Waals surface area contributed by atoms with Crippen molar-refractivity contribution in [2.45, 2.75) is 6.54 Å². The van der Waals surface area contributed by atoms with Gasteiger partial charge >= 0.3 is 0 Å². The molecular formula is C15H12ClFIN5O. The lowest BCUT2D eigenvalue weighted by Gasteiger charge is -2.04. The zero-order valence-corrected chi connectivity index (χ0v) is 15.4. The minimum atomic E-state index is -0.363. The lowest BCUT2D eigenvalue weighted by atomic mass is 10.2. The number of rotatable bonds is 4. The van der Waals surface area contributed by atoms with Crippen LogP contribution in [0.3, 0.4) is 0 Å². The van der Waals surface area contributed by atoms with E-state index in [0.29, 0.717) is 11.3 Å². The highest BCUT2D eigenvalue weighted by Crippen LogP contribution is 2.22. The van der Waals surface area contributed by atoms with Gasteiger partial charge in [0.15, 0.2) is 5.82 Å². The van der Waals surface area contributed by atoms with E-state index >= 15 is 0 Å². The Hall–Kier alpha value is -1.94. The van der Waals surface area contributed by atoms with Crippen molar-refractivity contribution in [3.05, 3.63) is 62.3 Å². The Balaban J connectivity index is 1.80. The van der Waals surface area contributed by atoms with Crippen LogP contribution in [0.25, 0.3) is 0 Å². The predicted octanol–water partition coefficient (Wildman–Crippen LogP) is 3.31. The molecule has 1 amide bonds. The number of aromatic nitrogens is 4. The maximum Gasteiger partial charge on any atom is 0.276 e. The second kappa shape index (κ2) is 6.89. The first-order chi connectivity index (χ1) is 11.5. The number of hydrogen-bond acceptors (Lipinski definition) is 3. The van der Waals surface area contributed by atoms with Crippen molar-refractivity contribution in [1.29, 1.82) is 0 Å². The summed E-state index contributed by atoms with van der Waals surface area (Å²) in [6.45, 7) is 0.214. The molecule has 0 aliphatic heterocycles. The molecule has 0 aliphatic rings. The Labute approximate surface area is 155 Å². The first kappa shape index (κ1) is 16.9. The van der Waals surface area contributed by atoms with Gasteiger partial charge < -0.3 is 5.32 Å². The minimum absolute atomic E-state index is 0.214. The van der Waals surface area contributed by atoms with Gasteiger partial charge in [0.1, 0.15) is 16.5 Å². The number of carbonyl (C=O) groups is 1. The Kier molecular flexibility index (Phi) is 4.86. The molecule has 6 nitrogen and oxygen atoms in total. The van der Waals surface area contributed by atoms with Gasteiger partial charge in [-0.3, -0.25) is 14.2 Å². The van der Waals surface area contributed by atoms with E-state index in [1.165, 1.54) is 21.6 Å². The molecule has 124 valence electrons. The zero-order chi connectivity index (χ0) is 17.3. The maximum absolute atomic E-state index is 13.7. The largest absolute Gasteiger partial charge is 0.302 e. The molecule has 0 atom stereocenters. The Bertz CT molecular complexity index is 888. The van der Waals surface area contributed by atoms with Crippen LogP contribution < -0.4 is 5.32 Å². The molecular weight excluding hydrogens is 448 g/mol. The van der Waals surface area contributed by atoms with E-state index in [2.05, 4.69) is 15.5 Å². The van der Waals surface area contributed by atoms with Crippen molar-refractivity contribution in [2.24, 2.45) is 7.05 Å². The molecule has 0 aliphatic carbocycles. The quantitative estimate of drug-likeness (QED) is 0.609. The number of carbonyl (C=O) groups excluding carboxylic acids is 1. The molecule has 9 heteroatoms. The number of benzene rings is 1. The van der Waals surface area contributed by atoms with Gasteiger partial charge in [-0.2, -0.15) is 10.2 Å². The van der Waals surface area contributed by atoms with Crippen LogP contribution in [0.1, 0.15) is 16.1 Å². The number of halogens is 3. The summed E-state index contributed by atoms with van der Waals surface area (Å²) in [5.74, 6) is -0.466. The number of nitrogens with one attached hydrogen (secondary N) is 1. The van der Waals surface area contributed by atoms with Crippen molar-refractivity contribution in [2.75, 3.05) is 5.32 Å². The maximum atomic E-state index is 13.7. The average Bonchev–Trinajstić information content (AvgIpc) is 3.04. The molecule has 0 unspecified atom stereocenters. The summed E-state index contributed by atoms with van der Waals surface area (Å²) < 4.78 is 17.4. The summed E-state index contributed by atoms with van der Waals surface area (Å²) in [5, 5.41) is 11.2. The minimum Gasteiger partial charge on any atom is -0.302 e. The van der Waals surface area contributed by atoms with E-state index in [9.17, 15) is 9.18 Å². The third-order valence-corrected chi connectivity index (χ3v) is 4.41. The van der Waals surface area contributed by atoms with Gasteiger partial charge in [-0.15, -0.1) is 0 Å². The van der Waals surface area contributed by atoms with Crippen LogP contribution in [-0.2, 0) is 13.6 Å². The Morgan fingerprint density at radius 3 is 2.83 bits per heavy atom. The molecule has 0 saturated heterocycles.